The van der Waals surface area contributed by atoms with E-state index in [-0.39, 0.29) is 30.3 Å². The fourth-order valence-electron chi connectivity index (χ4n) is 6.08. The number of terminal acetylenes is 1. The second-order valence-corrected chi connectivity index (χ2v) is 9.66. The second kappa shape index (κ2) is 9.10. The fourth-order valence-corrected chi connectivity index (χ4v) is 6.35. The van der Waals surface area contributed by atoms with Crippen LogP contribution in [0.2, 0.25) is 5.02 Å². The van der Waals surface area contributed by atoms with Gasteiger partial charge in [0.2, 0.25) is 0 Å². The molecule has 1 aliphatic heterocycles. The van der Waals surface area contributed by atoms with Gasteiger partial charge in [0.15, 0.2) is 11.5 Å². The van der Waals surface area contributed by atoms with E-state index < -0.39 is 11.8 Å². The summed E-state index contributed by atoms with van der Waals surface area (Å²) in [6, 6.07) is 19.6. The van der Waals surface area contributed by atoms with Gasteiger partial charge in [-0.15, -0.1) is 6.42 Å². The molecule has 3 aliphatic carbocycles. The van der Waals surface area contributed by atoms with Crippen molar-refractivity contribution in [2.75, 3.05) is 13.2 Å². The van der Waals surface area contributed by atoms with Crippen LogP contribution in [-0.4, -0.2) is 36.3 Å². The molecular formula is C30H23ClN2O4. The molecule has 2 unspecified atom stereocenters. The predicted octanol–water partition coefficient (Wildman–Crippen LogP) is 4.98. The van der Waals surface area contributed by atoms with Gasteiger partial charge in [-0.05, 0) is 46.9 Å². The summed E-state index contributed by atoms with van der Waals surface area (Å²) in [7, 11) is 0. The standard InChI is InChI=1S/C30H23ClN2O4/c1-3-13-37-28-22(31)14-17(15-23(28)36-4-2)16-32-33-29(34)26-24-18-9-5-6-10-19(18)25(27(26)30(33)35)21-12-8-7-11-20(21)24/h1,5-12,14-16,24-27H,4,13H2,2H3/b32-16+. The van der Waals surface area contributed by atoms with Gasteiger partial charge in [0, 0.05) is 11.8 Å². The Hall–Kier alpha value is -4.08. The molecule has 184 valence electrons. The molecule has 3 aromatic carbocycles. The molecule has 1 heterocycles. The van der Waals surface area contributed by atoms with Crippen molar-refractivity contribution in [3.8, 4) is 23.8 Å². The number of rotatable bonds is 6. The molecule has 3 aromatic rings. The van der Waals surface area contributed by atoms with Crippen LogP contribution in [0.1, 0.15) is 46.6 Å². The van der Waals surface area contributed by atoms with E-state index in [1.54, 1.807) is 12.1 Å². The van der Waals surface area contributed by atoms with Crippen molar-refractivity contribution in [1.82, 2.24) is 5.01 Å². The maximum absolute atomic E-state index is 13.7. The zero-order valence-electron chi connectivity index (χ0n) is 20.1. The zero-order valence-corrected chi connectivity index (χ0v) is 20.8. The van der Waals surface area contributed by atoms with Crippen molar-refractivity contribution < 1.29 is 19.1 Å². The number of imide groups is 1. The van der Waals surface area contributed by atoms with Crippen LogP contribution in [0.3, 0.4) is 0 Å². The molecule has 4 aliphatic rings. The minimum Gasteiger partial charge on any atom is -0.490 e. The quantitative estimate of drug-likeness (QED) is 0.266. The van der Waals surface area contributed by atoms with Crippen LogP contribution in [0.5, 0.6) is 11.5 Å². The number of carbonyl (C=O) groups excluding carboxylic acids is 2. The monoisotopic (exact) mass is 510 g/mol. The number of carbonyl (C=O) groups is 2. The molecule has 7 rings (SSSR count). The SMILES string of the molecule is C#CCOc1c(Cl)cc(/C=N/N2C(=O)C3C4c5ccccc5C(c5ccccc54)C3C2=O)cc1OCC. The van der Waals surface area contributed by atoms with Crippen molar-refractivity contribution in [1.29, 1.82) is 0 Å². The minimum absolute atomic E-state index is 0.0416. The van der Waals surface area contributed by atoms with Crippen molar-refractivity contribution >= 4 is 29.6 Å². The van der Waals surface area contributed by atoms with E-state index in [4.69, 9.17) is 27.5 Å². The average molecular weight is 511 g/mol. The summed E-state index contributed by atoms with van der Waals surface area (Å²) in [6.07, 6.45) is 6.76. The largest absolute Gasteiger partial charge is 0.490 e. The number of halogens is 1. The third-order valence-electron chi connectivity index (χ3n) is 7.38. The molecule has 6 nitrogen and oxygen atoms in total. The Morgan fingerprint density at radius 1 is 0.946 bits per heavy atom. The van der Waals surface area contributed by atoms with Gasteiger partial charge in [-0.1, -0.05) is 66.1 Å². The number of nitrogens with zero attached hydrogens (tertiary/aromatic N) is 2. The van der Waals surface area contributed by atoms with Crippen molar-refractivity contribution in [3.05, 3.63) is 93.5 Å². The van der Waals surface area contributed by atoms with Crippen LogP contribution in [0, 0.1) is 24.2 Å². The van der Waals surface area contributed by atoms with E-state index in [1.807, 2.05) is 31.2 Å². The Labute approximate surface area is 219 Å². The van der Waals surface area contributed by atoms with Crippen LogP contribution in [0.4, 0.5) is 0 Å². The van der Waals surface area contributed by atoms with E-state index >= 15 is 0 Å². The molecule has 0 aromatic heterocycles. The zero-order chi connectivity index (χ0) is 25.7. The first kappa shape index (κ1) is 23.3. The number of hydrogen-bond donors (Lipinski definition) is 0. The highest BCUT2D eigenvalue weighted by atomic mass is 35.5. The minimum atomic E-state index is -0.485. The highest BCUT2D eigenvalue weighted by Crippen LogP contribution is 2.61. The van der Waals surface area contributed by atoms with Crippen LogP contribution < -0.4 is 9.47 Å². The Bertz CT molecular complexity index is 1390. The number of amides is 2. The Kier molecular flexibility index (Phi) is 5.73. The van der Waals surface area contributed by atoms with Gasteiger partial charge >= 0.3 is 0 Å². The molecule has 7 heteroatoms. The Morgan fingerprint density at radius 2 is 1.49 bits per heavy atom. The lowest BCUT2D eigenvalue weighted by molar-refractivity contribution is -0.139. The highest BCUT2D eigenvalue weighted by molar-refractivity contribution is 6.32. The first-order valence-corrected chi connectivity index (χ1v) is 12.5. The Balaban J connectivity index is 1.36. The summed E-state index contributed by atoms with van der Waals surface area (Å²) in [5.74, 6) is 1.26. The Morgan fingerprint density at radius 3 is 1.97 bits per heavy atom. The van der Waals surface area contributed by atoms with Crippen LogP contribution in [-0.2, 0) is 9.59 Å². The van der Waals surface area contributed by atoms with E-state index in [1.165, 1.54) is 6.21 Å². The van der Waals surface area contributed by atoms with Crippen molar-refractivity contribution in [3.63, 3.8) is 0 Å². The normalized spacial score (nSPS) is 23.0. The van der Waals surface area contributed by atoms with E-state index in [0.29, 0.717) is 28.7 Å². The van der Waals surface area contributed by atoms with Gasteiger partial charge in [-0.3, -0.25) is 9.59 Å². The number of benzene rings is 3. The summed E-state index contributed by atoms with van der Waals surface area (Å²) in [4.78, 5) is 27.4. The molecule has 0 saturated carbocycles. The maximum Gasteiger partial charge on any atom is 0.254 e. The lowest BCUT2D eigenvalue weighted by atomic mass is 9.55. The average Bonchev–Trinajstić information content (AvgIpc) is 3.17. The molecule has 1 saturated heterocycles. The lowest BCUT2D eigenvalue weighted by Crippen LogP contribution is -2.41. The first-order chi connectivity index (χ1) is 18.0. The fraction of sp³-hybridized carbons (Fsp3) is 0.233. The maximum atomic E-state index is 13.7. The van der Waals surface area contributed by atoms with Crippen LogP contribution in [0.15, 0.2) is 65.8 Å². The number of hydrazone groups is 1. The van der Waals surface area contributed by atoms with Crippen molar-refractivity contribution in [2.24, 2.45) is 16.9 Å². The summed E-state index contributed by atoms with van der Waals surface area (Å²) in [5, 5.41) is 5.68. The first-order valence-electron chi connectivity index (χ1n) is 12.2. The van der Waals surface area contributed by atoms with Gasteiger partial charge in [-0.25, -0.2) is 0 Å². The third kappa shape index (κ3) is 3.53. The molecule has 2 atom stereocenters. The summed E-state index contributed by atoms with van der Waals surface area (Å²) in [6.45, 7) is 2.27. The van der Waals surface area contributed by atoms with E-state index in [0.717, 1.165) is 27.3 Å². The highest BCUT2D eigenvalue weighted by Gasteiger charge is 2.61. The van der Waals surface area contributed by atoms with Crippen LogP contribution in [0.25, 0.3) is 0 Å². The van der Waals surface area contributed by atoms with Crippen LogP contribution >= 0.6 is 11.6 Å². The van der Waals surface area contributed by atoms with E-state index in [9.17, 15) is 9.59 Å². The van der Waals surface area contributed by atoms with Crippen molar-refractivity contribution in [2.45, 2.75) is 18.8 Å². The smallest absolute Gasteiger partial charge is 0.254 e. The van der Waals surface area contributed by atoms with Gasteiger partial charge < -0.3 is 9.47 Å². The number of hydrogen-bond acceptors (Lipinski definition) is 5. The summed E-state index contributed by atoms with van der Waals surface area (Å²) >= 11 is 6.43. The molecule has 2 amide bonds. The molecule has 0 N–H and O–H groups in total. The molecule has 2 bridgehead atoms. The van der Waals surface area contributed by atoms with E-state index in [2.05, 4.69) is 35.3 Å². The molecule has 1 fully saturated rings. The molecule has 37 heavy (non-hydrogen) atoms. The summed E-state index contributed by atoms with van der Waals surface area (Å²) < 4.78 is 11.2. The van der Waals surface area contributed by atoms with Gasteiger partial charge in [0.25, 0.3) is 11.8 Å². The molecule has 0 radical (unpaired) electrons. The molecule has 0 spiro atoms. The van der Waals surface area contributed by atoms with Gasteiger partial charge in [0.05, 0.1) is 29.7 Å². The lowest BCUT2D eigenvalue weighted by Gasteiger charge is -2.45. The summed E-state index contributed by atoms with van der Waals surface area (Å²) in [5.41, 5.74) is 5.04. The third-order valence-corrected chi connectivity index (χ3v) is 7.66. The van der Waals surface area contributed by atoms with Gasteiger partial charge in [-0.2, -0.15) is 10.1 Å². The molecular weight excluding hydrogens is 488 g/mol. The predicted molar refractivity (Wildman–Crippen MR) is 140 cm³/mol. The van der Waals surface area contributed by atoms with Gasteiger partial charge in [0.1, 0.15) is 6.61 Å². The number of ether oxygens (including phenoxy) is 2. The second-order valence-electron chi connectivity index (χ2n) is 9.25. The topological polar surface area (TPSA) is 68.2 Å².